The summed E-state index contributed by atoms with van der Waals surface area (Å²) in [5.41, 5.74) is 3.28. The number of methoxy groups -OCH3 is 1. The van der Waals surface area contributed by atoms with E-state index in [-0.39, 0.29) is 20.1 Å². The second-order valence-electron chi connectivity index (χ2n) is 4.55. The first-order valence-electron chi connectivity index (χ1n) is 6.45. The molecule has 0 saturated carbocycles. The first kappa shape index (κ1) is 15.5. The zero-order chi connectivity index (χ0) is 13.9. The normalized spacial score (nSPS) is 10.0. The Balaban J connectivity index is 0.00000161. The summed E-state index contributed by atoms with van der Waals surface area (Å²) in [4.78, 5) is 4.45. The number of imidazole rings is 1. The molecule has 109 valence electrons. The number of aryl methyl sites for hydroxylation is 1. The van der Waals surface area contributed by atoms with Crippen molar-refractivity contribution in [1.82, 2.24) is 9.55 Å². The van der Waals surface area contributed by atoms with Gasteiger partial charge >= 0.3 is 0 Å². The van der Waals surface area contributed by atoms with E-state index in [0.29, 0.717) is 0 Å². The van der Waals surface area contributed by atoms with Crippen LogP contribution in [0.3, 0.4) is 0 Å². The molecule has 2 aromatic carbocycles. The minimum Gasteiger partial charge on any atom is -0.540 e. The first-order chi connectivity index (χ1) is 9.79. The SMILES string of the molecule is COc1c[c-]c(-c2nccn2-c2ccccc2C)cc1.[Ir]. The van der Waals surface area contributed by atoms with E-state index in [4.69, 9.17) is 4.74 Å². The molecule has 4 heteroatoms. The molecule has 1 aromatic heterocycles. The molecule has 0 bridgehead atoms. The molecule has 0 saturated heterocycles. The van der Waals surface area contributed by atoms with Gasteiger partial charge in [-0.15, -0.1) is 29.8 Å². The van der Waals surface area contributed by atoms with Gasteiger partial charge in [-0.1, -0.05) is 18.2 Å². The summed E-state index contributed by atoms with van der Waals surface area (Å²) in [6.07, 6.45) is 3.77. The van der Waals surface area contributed by atoms with Crippen LogP contribution >= 0.6 is 0 Å². The van der Waals surface area contributed by atoms with E-state index in [0.717, 1.165) is 22.8 Å². The number of rotatable bonds is 3. The Hall–Kier alpha value is -1.90. The standard InChI is InChI=1S/C17H15N2O.Ir/c1-13-5-3-4-6-16(13)19-12-11-18-17(19)14-7-9-15(20-2)10-8-14;/h3-7,9-12H,1-2H3;/q-1;. The second kappa shape index (κ2) is 6.70. The summed E-state index contributed by atoms with van der Waals surface area (Å²) >= 11 is 0. The van der Waals surface area contributed by atoms with Gasteiger partial charge < -0.3 is 9.30 Å². The van der Waals surface area contributed by atoms with E-state index in [1.165, 1.54) is 5.56 Å². The maximum absolute atomic E-state index is 5.16. The summed E-state index contributed by atoms with van der Waals surface area (Å²) in [5.74, 6) is 1.67. The van der Waals surface area contributed by atoms with Gasteiger partial charge in [0.05, 0.1) is 12.9 Å². The Labute approximate surface area is 138 Å². The molecule has 0 atom stereocenters. The predicted molar refractivity (Wildman–Crippen MR) is 79.1 cm³/mol. The number of benzene rings is 2. The molecule has 3 aromatic rings. The van der Waals surface area contributed by atoms with E-state index in [9.17, 15) is 0 Å². The summed E-state index contributed by atoms with van der Waals surface area (Å²) in [5, 5.41) is 0. The molecule has 1 heterocycles. The van der Waals surface area contributed by atoms with Crippen molar-refractivity contribution in [1.29, 1.82) is 0 Å². The molecule has 0 aliphatic heterocycles. The van der Waals surface area contributed by atoms with Crippen molar-refractivity contribution in [3.8, 4) is 22.8 Å². The fourth-order valence-corrected chi connectivity index (χ4v) is 2.21. The molecule has 0 spiro atoms. The summed E-state index contributed by atoms with van der Waals surface area (Å²) in [6, 6.07) is 17.2. The monoisotopic (exact) mass is 456 g/mol. The van der Waals surface area contributed by atoms with Crippen molar-refractivity contribution in [3.05, 3.63) is 66.5 Å². The molecule has 0 aliphatic carbocycles. The van der Waals surface area contributed by atoms with Crippen molar-refractivity contribution in [3.63, 3.8) is 0 Å². The fraction of sp³-hybridized carbons (Fsp3) is 0.118. The van der Waals surface area contributed by atoms with Crippen LogP contribution in [-0.4, -0.2) is 16.7 Å². The molecule has 0 aliphatic rings. The molecule has 0 unspecified atom stereocenters. The van der Waals surface area contributed by atoms with E-state index in [2.05, 4.69) is 34.7 Å². The van der Waals surface area contributed by atoms with Crippen LogP contribution in [0.5, 0.6) is 5.75 Å². The quantitative estimate of drug-likeness (QED) is 0.564. The van der Waals surface area contributed by atoms with Crippen LogP contribution < -0.4 is 4.74 Å². The third-order valence-electron chi connectivity index (χ3n) is 3.28. The molecular formula is C17H15IrN2O-. The smallest absolute Gasteiger partial charge is 0.0647 e. The predicted octanol–water partition coefficient (Wildman–Crippen LogP) is 3.65. The van der Waals surface area contributed by atoms with E-state index >= 15 is 0 Å². The van der Waals surface area contributed by atoms with Crippen LogP contribution in [-0.2, 0) is 20.1 Å². The molecular weight excluding hydrogens is 440 g/mol. The Bertz CT molecular complexity index is 720. The van der Waals surface area contributed by atoms with Crippen molar-refractivity contribution < 1.29 is 24.8 Å². The molecule has 0 amide bonds. The molecule has 0 fully saturated rings. The van der Waals surface area contributed by atoms with Gasteiger partial charge in [0.25, 0.3) is 0 Å². The van der Waals surface area contributed by atoms with E-state index in [1.807, 2.05) is 36.5 Å². The number of para-hydroxylation sites is 1. The molecule has 3 nitrogen and oxygen atoms in total. The van der Waals surface area contributed by atoms with Crippen LogP contribution in [0.2, 0.25) is 0 Å². The fourth-order valence-electron chi connectivity index (χ4n) is 2.21. The number of hydrogen-bond acceptors (Lipinski definition) is 2. The number of ether oxygens (including phenoxy) is 1. The van der Waals surface area contributed by atoms with Gasteiger partial charge in [0.1, 0.15) is 0 Å². The molecule has 21 heavy (non-hydrogen) atoms. The van der Waals surface area contributed by atoms with Gasteiger partial charge in [0.2, 0.25) is 0 Å². The van der Waals surface area contributed by atoms with Crippen molar-refractivity contribution in [2.45, 2.75) is 6.92 Å². The summed E-state index contributed by atoms with van der Waals surface area (Å²) in [6.45, 7) is 2.09. The van der Waals surface area contributed by atoms with Gasteiger partial charge in [0.15, 0.2) is 0 Å². The van der Waals surface area contributed by atoms with Crippen molar-refractivity contribution in [2.75, 3.05) is 7.11 Å². The number of nitrogens with zero attached hydrogens (tertiary/aromatic N) is 2. The average Bonchev–Trinajstić information content (AvgIpc) is 2.97. The zero-order valence-electron chi connectivity index (χ0n) is 11.8. The maximum Gasteiger partial charge on any atom is 0.0647 e. The topological polar surface area (TPSA) is 27.1 Å². The number of hydrogen-bond donors (Lipinski definition) is 0. The summed E-state index contributed by atoms with van der Waals surface area (Å²) < 4.78 is 7.24. The molecule has 3 rings (SSSR count). The Kier molecular flexibility index (Phi) is 4.94. The Morgan fingerprint density at radius 3 is 2.62 bits per heavy atom. The first-order valence-corrected chi connectivity index (χ1v) is 6.45. The third kappa shape index (κ3) is 3.07. The largest absolute Gasteiger partial charge is 0.540 e. The molecule has 1 radical (unpaired) electrons. The zero-order valence-corrected chi connectivity index (χ0v) is 14.2. The van der Waals surface area contributed by atoms with E-state index in [1.54, 1.807) is 13.3 Å². The number of aromatic nitrogens is 2. The van der Waals surface area contributed by atoms with E-state index < -0.39 is 0 Å². The van der Waals surface area contributed by atoms with Crippen LogP contribution in [0, 0.1) is 13.0 Å². The maximum atomic E-state index is 5.16. The van der Waals surface area contributed by atoms with Crippen LogP contribution in [0.15, 0.2) is 54.9 Å². The van der Waals surface area contributed by atoms with Gasteiger partial charge in [-0.05, 0) is 18.6 Å². The second-order valence-corrected chi connectivity index (χ2v) is 4.55. The van der Waals surface area contributed by atoms with Crippen molar-refractivity contribution >= 4 is 0 Å². The average molecular weight is 456 g/mol. The van der Waals surface area contributed by atoms with Gasteiger partial charge in [-0.3, -0.25) is 4.98 Å². The van der Waals surface area contributed by atoms with Gasteiger partial charge in [-0.2, -0.15) is 0 Å². The van der Waals surface area contributed by atoms with Crippen LogP contribution in [0.1, 0.15) is 5.56 Å². The Morgan fingerprint density at radius 1 is 1.14 bits per heavy atom. The van der Waals surface area contributed by atoms with Crippen LogP contribution in [0.25, 0.3) is 17.1 Å². The third-order valence-corrected chi connectivity index (χ3v) is 3.28. The van der Waals surface area contributed by atoms with Gasteiger partial charge in [0, 0.05) is 43.9 Å². The van der Waals surface area contributed by atoms with Crippen LogP contribution in [0.4, 0.5) is 0 Å². The van der Waals surface area contributed by atoms with Gasteiger partial charge in [-0.25, -0.2) is 0 Å². The minimum atomic E-state index is 0. The van der Waals surface area contributed by atoms with Crippen molar-refractivity contribution in [2.24, 2.45) is 0 Å². The summed E-state index contributed by atoms with van der Waals surface area (Å²) in [7, 11) is 1.65. The Morgan fingerprint density at radius 2 is 1.95 bits per heavy atom. The minimum absolute atomic E-state index is 0. The molecule has 0 N–H and O–H groups in total.